The lowest BCUT2D eigenvalue weighted by molar-refractivity contribution is 0.0996. The number of carbonyl (C=O) groups excluding carboxylic acids is 1. The van der Waals surface area contributed by atoms with Gasteiger partial charge in [-0.15, -0.1) is 0 Å². The zero-order chi connectivity index (χ0) is 20.7. The second-order valence-electron chi connectivity index (χ2n) is 6.54. The van der Waals surface area contributed by atoms with Crippen LogP contribution in [0.5, 0.6) is 0 Å². The second-order valence-corrected chi connectivity index (χ2v) is 6.54. The number of fused-ring (bicyclic) bond motifs is 1. The molecule has 9 nitrogen and oxygen atoms in total. The maximum absolute atomic E-state index is 12.2. The lowest BCUT2D eigenvalue weighted by Gasteiger charge is -2.04. The first-order valence-electron chi connectivity index (χ1n) is 8.97. The highest BCUT2D eigenvalue weighted by atomic mass is 16.5. The summed E-state index contributed by atoms with van der Waals surface area (Å²) in [4.78, 5) is 28.2. The molecule has 148 valence electrons. The number of anilines is 1. The van der Waals surface area contributed by atoms with Crippen LogP contribution in [-0.4, -0.2) is 20.6 Å². The zero-order valence-corrected chi connectivity index (χ0v) is 15.7. The fraction of sp³-hybridized carbons (Fsp3) is 0.0476. The number of hydrogen-bond donors (Lipinski definition) is 1. The molecule has 0 aliphatic rings. The molecular formula is C21H14N4O5. The third kappa shape index (κ3) is 3.08. The molecule has 0 aliphatic heterocycles. The summed E-state index contributed by atoms with van der Waals surface area (Å²) in [5.74, 6) is 0.0472. The van der Waals surface area contributed by atoms with Crippen molar-refractivity contribution in [3.05, 3.63) is 77.2 Å². The van der Waals surface area contributed by atoms with E-state index in [1.54, 1.807) is 61.6 Å². The molecule has 1 amide bonds. The van der Waals surface area contributed by atoms with Gasteiger partial charge in [-0.2, -0.15) is 4.98 Å². The first-order valence-corrected chi connectivity index (χ1v) is 8.97. The predicted molar refractivity (Wildman–Crippen MR) is 107 cm³/mol. The summed E-state index contributed by atoms with van der Waals surface area (Å²) in [5.41, 5.74) is 2.95. The quantitative estimate of drug-likeness (QED) is 0.487. The van der Waals surface area contributed by atoms with Gasteiger partial charge in [-0.1, -0.05) is 11.2 Å². The van der Waals surface area contributed by atoms with Gasteiger partial charge in [0.1, 0.15) is 0 Å². The molecule has 2 aromatic carbocycles. The Kier molecular flexibility index (Phi) is 4.06. The number of hydrogen-bond acceptors (Lipinski definition) is 7. The number of oxazole rings is 1. The maximum atomic E-state index is 12.2. The average molecular weight is 402 g/mol. The molecule has 30 heavy (non-hydrogen) atoms. The maximum Gasteiger partial charge on any atom is 0.419 e. The molecule has 0 bridgehead atoms. The van der Waals surface area contributed by atoms with E-state index in [1.807, 2.05) is 0 Å². The summed E-state index contributed by atoms with van der Waals surface area (Å²) >= 11 is 0. The van der Waals surface area contributed by atoms with Gasteiger partial charge >= 0.3 is 5.76 Å². The summed E-state index contributed by atoms with van der Waals surface area (Å²) in [6, 6.07) is 15.5. The Hall–Kier alpha value is -4.40. The van der Waals surface area contributed by atoms with Gasteiger partial charge in [-0.25, -0.2) is 4.79 Å². The van der Waals surface area contributed by atoms with E-state index in [4.69, 9.17) is 13.4 Å². The minimum Gasteiger partial charge on any atom is -0.459 e. The van der Waals surface area contributed by atoms with Gasteiger partial charge in [-0.3, -0.25) is 9.36 Å². The summed E-state index contributed by atoms with van der Waals surface area (Å²) in [6.45, 7) is 0. The number of amides is 1. The van der Waals surface area contributed by atoms with Crippen molar-refractivity contribution in [2.75, 3.05) is 5.32 Å². The van der Waals surface area contributed by atoms with Crippen molar-refractivity contribution in [2.24, 2.45) is 7.05 Å². The van der Waals surface area contributed by atoms with E-state index in [9.17, 15) is 9.59 Å². The molecule has 0 saturated carbocycles. The largest absolute Gasteiger partial charge is 0.459 e. The van der Waals surface area contributed by atoms with E-state index in [-0.39, 0.29) is 17.6 Å². The summed E-state index contributed by atoms with van der Waals surface area (Å²) in [7, 11) is 1.64. The molecule has 9 heteroatoms. The van der Waals surface area contributed by atoms with Crippen molar-refractivity contribution in [1.29, 1.82) is 0 Å². The Morgan fingerprint density at radius 3 is 2.80 bits per heavy atom. The molecular weight excluding hydrogens is 388 g/mol. The van der Waals surface area contributed by atoms with Crippen LogP contribution in [0, 0.1) is 0 Å². The molecule has 0 atom stereocenters. The van der Waals surface area contributed by atoms with Gasteiger partial charge in [0, 0.05) is 23.9 Å². The van der Waals surface area contributed by atoms with E-state index in [0.29, 0.717) is 33.7 Å². The summed E-state index contributed by atoms with van der Waals surface area (Å²) < 4.78 is 17.1. The van der Waals surface area contributed by atoms with E-state index >= 15 is 0 Å². The zero-order valence-electron chi connectivity index (χ0n) is 15.7. The van der Waals surface area contributed by atoms with Crippen LogP contribution in [0.1, 0.15) is 10.6 Å². The van der Waals surface area contributed by atoms with Gasteiger partial charge in [0.05, 0.1) is 11.8 Å². The standard InChI is InChI=1S/C21H14N4O5/c1-25-15-8-7-12(11-17(15)29-21(25)27)18-23-20(30-24-18)13-4-2-5-14(10-13)22-19(26)16-6-3-9-28-16/h2-11H,1H3,(H,22,26). The highest BCUT2D eigenvalue weighted by Gasteiger charge is 2.15. The molecule has 0 saturated heterocycles. The molecule has 0 radical (unpaired) electrons. The normalized spacial score (nSPS) is 11.1. The first-order chi connectivity index (χ1) is 14.6. The minimum atomic E-state index is -0.440. The van der Waals surface area contributed by atoms with Crippen LogP contribution in [0.3, 0.4) is 0 Å². The van der Waals surface area contributed by atoms with E-state index in [2.05, 4.69) is 15.5 Å². The minimum absolute atomic E-state index is 0.212. The SMILES string of the molecule is Cn1c(=O)oc2cc(-c3noc(-c4cccc(NC(=O)c5ccco5)c4)n3)ccc21. The van der Waals surface area contributed by atoms with E-state index in [1.165, 1.54) is 10.8 Å². The summed E-state index contributed by atoms with van der Waals surface area (Å²) in [6.07, 6.45) is 1.43. The molecule has 1 N–H and O–H groups in total. The van der Waals surface area contributed by atoms with Crippen molar-refractivity contribution >= 4 is 22.7 Å². The fourth-order valence-electron chi connectivity index (χ4n) is 3.06. The highest BCUT2D eigenvalue weighted by Crippen LogP contribution is 2.26. The lowest BCUT2D eigenvalue weighted by Crippen LogP contribution is -2.10. The van der Waals surface area contributed by atoms with Gasteiger partial charge in [0.25, 0.3) is 11.8 Å². The topological polar surface area (TPSA) is 116 Å². The third-order valence-corrected chi connectivity index (χ3v) is 4.59. The fourth-order valence-corrected chi connectivity index (χ4v) is 3.06. The number of carbonyl (C=O) groups is 1. The smallest absolute Gasteiger partial charge is 0.419 e. The van der Waals surface area contributed by atoms with Crippen LogP contribution in [0.4, 0.5) is 5.69 Å². The van der Waals surface area contributed by atoms with Crippen molar-refractivity contribution in [3.8, 4) is 22.8 Å². The molecule has 0 aliphatic carbocycles. The number of nitrogens with zero attached hydrogens (tertiary/aromatic N) is 3. The van der Waals surface area contributed by atoms with Crippen LogP contribution in [-0.2, 0) is 7.05 Å². The van der Waals surface area contributed by atoms with E-state index < -0.39 is 5.76 Å². The summed E-state index contributed by atoms with van der Waals surface area (Å²) in [5, 5.41) is 6.77. The van der Waals surface area contributed by atoms with Gasteiger partial charge in [0.15, 0.2) is 11.3 Å². The predicted octanol–water partition coefficient (Wildman–Crippen LogP) is 3.69. The van der Waals surface area contributed by atoms with Crippen molar-refractivity contribution in [2.45, 2.75) is 0 Å². The lowest BCUT2D eigenvalue weighted by atomic mass is 10.2. The number of aryl methyl sites for hydroxylation is 1. The Bertz CT molecular complexity index is 1430. The van der Waals surface area contributed by atoms with Gasteiger partial charge in [-0.05, 0) is 48.5 Å². The molecule has 0 spiro atoms. The van der Waals surface area contributed by atoms with Crippen molar-refractivity contribution in [1.82, 2.24) is 14.7 Å². The number of furan rings is 1. The van der Waals surface area contributed by atoms with E-state index in [0.717, 1.165) is 0 Å². The molecule has 0 unspecified atom stereocenters. The van der Waals surface area contributed by atoms with Crippen molar-refractivity contribution in [3.63, 3.8) is 0 Å². The van der Waals surface area contributed by atoms with Gasteiger partial charge in [0.2, 0.25) is 5.82 Å². The number of aromatic nitrogens is 3. The number of benzene rings is 2. The van der Waals surface area contributed by atoms with Crippen LogP contribution >= 0.6 is 0 Å². The third-order valence-electron chi connectivity index (χ3n) is 4.59. The molecule has 3 aromatic heterocycles. The van der Waals surface area contributed by atoms with Crippen LogP contribution in [0.25, 0.3) is 33.9 Å². The Labute approximate surface area is 168 Å². The Morgan fingerprint density at radius 1 is 1.07 bits per heavy atom. The first kappa shape index (κ1) is 17.7. The Morgan fingerprint density at radius 2 is 1.97 bits per heavy atom. The second kappa shape index (κ2) is 6.89. The average Bonchev–Trinajstić information content (AvgIpc) is 3.49. The molecule has 5 aromatic rings. The molecule has 5 rings (SSSR count). The number of nitrogens with one attached hydrogen (secondary N) is 1. The molecule has 0 fully saturated rings. The van der Waals surface area contributed by atoms with Crippen molar-refractivity contribution < 1.29 is 18.2 Å². The monoisotopic (exact) mass is 402 g/mol. The number of rotatable bonds is 4. The Balaban J connectivity index is 1.43. The van der Waals surface area contributed by atoms with Crippen LogP contribution < -0.4 is 11.1 Å². The van der Waals surface area contributed by atoms with Crippen LogP contribution in [0.15, 0.2) is 79.0 Å². The van der Waals surface area contributed by atoms with Gasteiger partial charge < -0.3 is 18.7 Å². The van der Waals surface area contributed by atoms with Crippen LogP contribution in [0.2, 0.25) is 0 Å². The molecule has 3 heterocycles. The highest BCUT2D eigenvalue weighted by molar-refractivity contribution is 6.02.